The van der Waals surface area contributed by atoms with Crippen LogP contribution in [0.4, 0.5) is 0 Å². The van der Waals surface area contributed by atoms with Crippen molar-refractivity contribution in [2.24, 2.45) is 5.92 Å². The largest absolute Gasteiger partial charge is 0.313 e. The first-order chi connectivity index (χ1) is 5.57. The molecule has 0 radical (unpaired) electrons. The van der Waals surface area contributed by atoms with Crippen LogP contribution in [0.1, 0.15) is 40.5 Å². The Morgan fingerprint density at radius 3 is 2.25 bits per heavy atom. The third-order valence-electron chi connectivity index (χ3n) is 2.11. The molecule has 1 N–H and O–H groups in total. The summed E-state index contributed by atoms with van der Waals surface area (Å²) >= 11 is 6.10. The fourth-order valence-corrected chi connectivity index (χ4v) is 1.17. The van der Waals surface area contributed by atoms with E-state index in [-0.39, 0.29) is 5.38 Å². The van der Waals surface area contributed by atoms with Gasteiger partial charge in [-0.25, -0.2) is 0 Å². The topological polar surface area (TPSA) is 12.0 Å². The Bertz CT molecular complexity index is 104. The van der Waals surface area contributed by atoms with Crippen molar-refractivity contribution in [2.45, 2.75) is 52.0 Å². The summed E-state index contributed by atoms with van der Waals surface area (Å²) in [5, 5.41) is 3.70. The van der Waals surface area contributed by atoms with E-state index in [1.807, 2.05) is 0 Å². The van der Waals surface area contributed by atoms with Crippen LogP contribution in [-0.2, 0) is 0 Å². The summed E-state index contributed by atoms with van der Waals surface area (Å²) in [6, 6.07) is 0.606. The molecule has 12 heavy (non-hydrogen) atoms. The maximum Gasteiger partial charge on any atom is 0.0483 e. The minimum absolute atomic E-state index is 0.268. The summed E-state index contributed by atoms with van der Waals surface area (Å²) in [6.45, 7) is 9.67. The summed E-state index contributed by atoms with van der Waals surface area (Å²) in [5.41, 5.74) is 0. The second-order valence-corrected chi connectivity index (χ2v) is 4.42. The molecule has 74 valence electrons. The minimum atomic E-state index is 0.268. The van der Waals surface area contributed by atoms with Crippen molar-refractivity contribution in [2.75, 3.05) is 6.54 Å². The average molecular weight is 192 g/mol. The Labute approximate surface area is 81.9 Å². The lowest BCUT2D eigenvalue weighted by Crippen LogP contribution is -2.33. The van der Waals surface area contributed by atoms with Gasteiger partial charge < -0.3 is 5.32 Å². The molecule has 0 rings (SSSR count). The lowest BCUT2D eigenvalue weighted by Gasteiger charge is -2.18. The van der Waals surface area contributed by atoms with Gasteiger partial charge in [-0.2, -0.15) is 0 Å². The molecule has 0 bridgehead atoms. The van der Waals surface area contributed by atoms with Gasteiger partial charge in [0.2, 0.25) is 0 Å². The summed E-state index contributed by atoms with van der Waals surface area (Å²) < 4.78 is 0. The Kier molecular flexibility index (Phi) is 6.87. The molecule has 2 atom stereocenters. The van der Waals surface area contributed by atoms with E-state index in [9.17, 15) is 0 Å². The van der Waals surface area contributed by atoms with Crippen LogP contribution < -0.4 is 5.32 Å². The van der Waals surface area contributed by atoms with Gasteiger partial charge in [0, 0.05) is 18.0 Å². The van der Waals surface area contributed by atoms with Gasteiger partial charge in [0.1, 0.15) is 0 Å². The molecule has 2 heteroatoms. The molecule has 0 aromatic rings. The predicted molar refractivity (Wildman–Crippen MR) is 56.9 cm³/mol. The smallest absolute Gasteiger partial charge is 0.0483 e. The van der Waals surface area contributed by atoms with E-state index < -0.39 is 0 Å². The van der Waals surface area contributed by atoms with E-state index in [0.717, 1.165) is 6.54 Å². The molecule has 0 saturated heterocycles. The monoisotopic (exact) mass is 191 g/mol. The Hall–Kier alpha value is 0.250. The number of halogens is 1. The second kappa shape index (κ2) is 6.73. The first-order valence-corrected chi connectivity index (χ1v) is 5.39. The van der Waals surface area contributed by atoms with Gasteiger partial charge >= 0.3 is 0 Å². The number of rotatable bonds is 6. The summed E-state index contributed by atoms with van der Waals surface area (Å²) in [6.07, 6.45) is 2.48. The van der Waals surface area contributed by atoms with Crippen LogP contribution in [0.5, 0.6) is 0 Å². The van der Waals surface area contributed by atoms with E-state index in [1.54, 1.807) is 0 Å². The van der Waals surface area contributed by atoms with E-state index in [2.05, 4.69) is 33.0 Å². The zero-order valence-electron chi connectivity index (χ0n) is 8.73. The molecule has 1 nitrogen and oxygen atoms in total. The molecular formula is C10H22ClN. The van der Waals surface area contributed by atoms with E-state index >= 15 is 0 Å². The molecule has 0 aromatic carbocycles. The molecule has 0 saturated carbocycles. The van der Waals surface area contributed by atoms with Gasteiger partial charge in [-0.1, -0.05) is 27.2 Å². The molecule has 2 unspecified atom stereocenters. The molecule has 0 spiro atoms. The minimum Gasteiger partial charge on any atom is -0.313 e. The first kappa shape index (κ1) is 12.2. The molecule has 0 aliphatic rings. The van der Waals surface area contributed by atoms with Crippen molar-refractivity contribution in [3.8, 4) is 0 Å². The number of alkyl halides is 1. The van der Waals surface area contributed by atoms with Crippen LogP contribution in [0.25, 0.3) is 0 Å². The third kappa shape index (κ3) is 5.84. The van der Waals surface area contributed by atoms with Crippen molar-refractivity contribution in [3.63, 3.8) is 0 Å². The second-order valence-electron chi connectivity index (χ2n) is 3.86. The van der Waals surface area contributed by atoms with Gasteiger partial charge in [-0.05, 0) is 19.3 Å². The van der Waals surface area contributed by atoms with Crippen LogP contribution in [0, 0.1) is 5.92 Å². The first-order valence-electron chi connectivity index (χ1n) is 4.95. The van der Waals surface area contributed by atoms with Crippen molar-refractivity contribution in [3.05, 3.63) is 0 Å². The molecule has 0 aromatic heterocycles. The average Bonchev–Trinajstić information content (AvgIpc) is 2.00. The quantitative estimate of drug-likeness (QED) is 0.637. The fourth-order valence-electron chi connectivity index (χ4n) is 1.08. The van der Waals surface area contributed by atoms with Gasteiger partial charge in [0.25, 0.3) is 0 Å². The molecular weight excluding hydrogens is 170 g/mol. The summed E-state index contributed by atoms with van der Waals surface area (Å²) in [5.74, 6) is 0.563. The zero-order valence-corrected chi connectivity index (χ0v) is 9.49. The maximum absolute atomic E-state index is 6.10. The van der Waals surface area contributed by atoms with E-state index in [1.165, 1.54) is 12.8 Å². The van der Waals surface area contributed by atoms with Crippen molar-refractivity contribution >= 4 is 11.6 Å². The van der Waals surface area contributed by atoms with Crippen LogP contribution in [0.3, 0.4) is 0 Å². The molecule has 0 amide bonds. The third-order valence-corrected chi connectivity index (χ3v) is 2.76. The highest BCUT2D eigenvalue weighted by atomic mass is 35.5. The van der Waals surface area contributed by atoms with Gasteiger partial charge in [-0.15, -0.1) is 11.6 Å². The standard InChI is InChI=1S/C10H22ClN/c1-5-6-9(4)12-7-10(11)8(2)3/h8-10,12H,5-7H2,1-4H3. The van der Waals surface area contributed by atoms with Crippen LogP contribution >= 0.6 is 11.6 Å². The van der Waals surface area contributed by atoms with Gasteiger partial charge in [-0.3, -0.25) is 0 Å². The van der Waals surface area contributed by atoms with Gasteiger partial charge in [0.15, 0.2) is 0 Å². The molecule has 0 heterocycles. The highest BCUT2D eigenvalue weighted by Crippen LogP contribution is 2.08. The van der Waals surface area contributed by atoms with Crippen molar-refractivity contribution in [1.82, 2.24) is 5.32 Å². The SMILES string of the molecule is CCCC(C)NCC(Cl)C(C)C. The highest BCUT2D eigenvalue weighted by Gasteiger charge is 2.09. The highest BCUT2D eigenvalue weighted by molar-refractivity contribution is 6.20. The maximum atomic E-state index is 6.10. The number of nitrogens with one attached hydrogen (secondary N) is 1. The Morgan fingerprint density at radius 2 is 1.83 bits per heavy atom. The zero-order chi connectivity index (χ0) is 9.56. The van der Waals surface area contributed by atoms with Crippen LogP contribution in [-0.4, -0.2) is 18.0 Å². The van der Waals surface area contributed by atoms with Crippen molar-refractivity contribution < 1.29 is 0 Å². The predicted octanol–water partition coefficient (Wildman–Crippen LogP) is 3.03. The van der Waals surface area contributed by atoms with Gasteiger partial charge in [0.05, 0.1) is 0 Å². The molecule has 0 aliphatic carbocycles. The normalized spacial score (nSPS) is 16.5. The Morgan fingerprint density at radius 1 is 1.25 bits per heavy atom. The summed E-state index contributed by atoms with van der Waals surface area (Å²) in [7, 11) is 0. The summed E-state index contributed by atoms with van der Waals surface area (Å²) in [4.78, 5) is 0. The molecule has 0 fully saturated rings. The Balaban J connectivity index is 3.40. The van der Waals surface area contributed by atoms with Crippen LogP contribution in [0.15, 0.2) is 0 Å². The van der Waals surface area contributed by atoms with E-state index in [4.69, 9.17) is 11.6 Å². The lowest BCUT2D eigenvalue weighted by molar-refractivity contribution is 0.471. The fraction of sp³-hybridized carbons (Fsp3) is 1.00. The van der Waals surface area contributed by atoms with Crippen molar-refractivity contribution in [1.29, 1.82) is 0 Å². The molecule has 0 aliphatic heterocycles. The lowest BCUT2D eigenvalue weighted by atomic mass is 10.1. The van der Waals surface area contributed by atoms with Crippen LogP contribution in [0.2, 0.25) is 0 Å². The number of hydrogen-bond donors (Lipinski definition) is 1. The number of hydrogen-bond acceptors (Lipinski definition) is 1. The van der Waals surface area contributed by atoms with E-state index in [0.29, 0.717) is 12.0 Å².